The monoisotopic (exact) mass is 1750 g/mol. The van der Waals surface area contributed by atoms with Crippen LogP contribution in [0.4, 0.5) is 0 Å². The van der Waals surface area contributed by atoms with Crippen molar-refractivity contribution in [1.82, 2.24) is 41.3 Å². The molecular formula is C91H148N8O25. The molecule has 0 aromatic carbocycles. The standard InChI is InChI=1S/C27H44N2O6.C19H27N3O4.C18H30O5.C14H22O6.C13H21N3O2.2H2O/c1-5-9-10-11-13-18-33-21-27(29-26(32)8-4,22-34-19-14-12-16-24(30)6-2)23-35-20-15-17-28-25(31)7-3;1-5-16(23)10-9-12-21(18(25)7-3)14-15-22(19(26)8-4)13-11-20-17(24)6-2;1-3-17(19)9-5-7-11-21-13-15-23-16-14-22-12-8-6-10-18(20)4-2;1-11(2)13(15)19-9-7-17-5-6-18-8-10-20-14(16)12(3)4;1-4-7-14-8-10-16(13(18)6-3)11-9-15-12(17)5-2;;/h5-8H,1-4,9-23H2,(H,28,31)(H,29,32);5-8H,1-4,9-15H2,(H,20,24);3-4H,1-2,5-16H2;1,3,5-10H2,2,4H3;4-6,14H,1-3,7-11H2,(H,15,17);2*1H2. The fourth-order valence-corrected chi connectivity index (χ4v) is 9.15. The number of esters is 2. The fraction of sp³-hybridized carbons (Fsp3) is 0.527. The summed E-state index contributed by atoms with van der Waals surface area (Å²) < 4.78 is 53.8. The van der Waals surface area contributed by atoms with E-state index in [0.717, 1.165) is 57.4 Å². The molecular weight excluding hydrogens is 1610 g/mol. The number of allylic oxidation sites excluding steroid dienone is 5. The van der Waals surface area contributed by atoms with E-state index in [4.69, 9.17) is 47.4 Å². The van der Waals surface area contributed by atoms with E-state index in [1.807, 2.05) is 6.08 Å². The number of hydrogen-bond donors (Lipinski definition) is 5. The Morgan fingerprint density at radius 3 is 0.944 bits per heavy atom. The van der Waals surface area contributed by atoms with Crippen LogP contribution in [0.5, 0.6) is 0 Å². The van der Waals surface area contributed by atoms with Crippen molar-refractivity contribution >= 4 is 76.4 Å². The van der Waals surface area contributed by atoms with E-state index >= 15 is 0 Å². The van der Waals surface area contributed by atoms with Crippen molar-refractivity contribution in [2.75, 3.05) is 191 Å². The SMILES string of the molecule is C=C(C)C(=O)OCCOCCOCCOC(=O)C(=C)C.C=CC(=O)CCCCOCCOCCOCCCCC(=O)C=C.C=CC(=O)CCCN(CCN(CCNC(=O)C=C)C(=O)C=C)C(=O)C=C.C=CCCCCCOCC(COCCCCC(=O)C=C)(COCCCNC(=O)C=C)NC(=O)C=C.C=CCNCCN(CCNC(=O)C=C)C(=O)C=C.O.O. The Bertz CT molecular complexity index is 3020. The second-order valence-corrected chi connectivity index (χ2v) is 26.2. The molecule has 0 rings (SSSR count). The third-order valence-electron chi connectivity index (χ3n) is 15.9. The molecule has 9 N–H and O–H groups in total. The summed E-state index contributed by atoms with van der Waals surface area (Å²) in [7, 11) is 0. The van der Waals surface area contributed by atoms with Crippen molar-refractivity contribution in [1.29, 1.82) is 0 Å². The highest BCUT2D eigenvalue weighted by atomic mass is 16.6. The highest BCUT2D eigenvalue weighted by Crippen LogP contribution is 2.13. The van der Waals surface area contributed by atoms with Gasteiger partial charge < -0.3 is 99.6 Å². The number of amides is 7. The quantitative estimate of drug-likeness (QED) is 0.0179. The Kier molecular flexibility index (Phi) is 95.3. The summed E-state index contributed by atoms with van der Waals surface area (Å²) >= 11 is 0. The molecule has 0 aliphatic rings. The molecule has 33 heteroatoms. The van der Waals surface area contributed by atoms with Gasteiger partial charge in [0.1, 0.15) is 18.8 Å². The lowest BCUT2D eigenvalue weighted by Gasteiger charge is -2.34. The van der Waals surface area contributed by atoms with Crippen molar-refractivity contribution < 1.29 is 121 Å². The molecule has 1 atom stereocenters. The van der Waals surface area contributed by atoms with Crippen molar-refractivity contribution in [3.63, 3.8) is 0 Å². The number of nitrogens with one attached hydrogen (secondary N) is 5. The van der Waals surface area contributed by atoms with Gasteiger partial charge in [-0.1, -0.05) is 104 Å². The molecule has 0 radical (unpaired) electrons. The lowest BCUT2D eigenvalue weighted by atomic mass is 10.0. The second-order valence-electron chi connectivity index (χ2n) is 26.2. The van der Waals surface area contributed by atoms with E-state index < -0.39 is 17.5 Å². The third-order valence-corrected chi connectivity index (χ3v) is 15.9. The predicted octanol–water partition coefficient (Wildman–Crippen LogP) is 6.87. The van der Waals surface area contributed by atoms with Crippen LogP contribution >= 0.6 is 0 Å². The van der Waals surface area contributed by atoms with Gasteiger partial charge in [0.2, 0.25) is 41.4 Å². The minimum Gasteiger partial charge on any atom is -0.460 e. The number of hydrogen-bond acceptors (Lipinski definition) is 24. The molecule has 702 valence electrons. The molecule has 124 heavy (non-hydrogen) atoms. The van der Waals surface area contributed by atoms with E-state index in [2.05, 4.69) is 125 Å². The van der Waals surface area contributed by atoms with Gasteiger partial charge in [0.25, 0.3) is 0 Å². The van der Waals surface area contributed by atoms with Gasteiger partial charge in [-0.15, -0.1) is 13.2 Å². The average molecular weight is 1750 g/mol. The Balaban J connectivity index is -0.000000280. The molecule has 0 fully saturated rings. The fourth-order valence-electron chi connectivity index (χ4n) is 9.15. The van der Waals surface area contributed by atoms with Crippen LogP contribution in [-0.4, -0.2) is 299 Å². The maximum atomic E-state index is 12.2. The van der Waals surface area contributed by atoms with Gasteiger partial charge in [-0.2, -0.15) is 0 Å². The van der Waals surface area contributed by atoms with Crippen LogP contribution in [0.2, 0.25) is 0 Å². The Morgan fingerprint density at radius 1 is 0.298 bits per heavy atom. The second kappa shape index (κ2) is 93.3. The molecule has 0 aromatic heterocycles. The van der Waals surface area contributed by atoms with Gasteiger partial charge in [0.05, 0.1) is 72.7 Å². The maximum Gasteiger partial charge on any atom is 0.333 e. The van der Waals surface area contributed by atoms with Crippen molar-refractivity contribution in [2.24, 2.45) is 0 Å². The van der Waals surface area contributed by atoms with Crippen LogP contribution in [0.15, 0.2) is 189 Å². The summed E-state index contributed by atoms with van der Waals surface area (Å²) in [6.07, 6.45) is 29.1. The molecule has 0 bridgehead atoms. The van der Waals surface area contributed by atoms with Crippen LogP contribution in [0, 0.1) is 0 Å². The van der Waals surface area contributed by atoms with Gasteiger partial charge in [0, 0.05) is 142 Å². The number of ketones is 4. The molecule has 1 unspecified atom stereocenters. The number of nitrogens with zero attached hydrogens (tertiary/aromatic N) is 3. The topological polar surface area (TPSA) is 447 Å². The normalized spacial score (nSPS) is 10.3. The Labute approximate surface area is 736 Å². The first kappa shape index (κ1) is 127. The lowest BCUT2D eigenvalue weighted by molar-refractivity contribution is -0.142. The van der Waals surface area contributed by atoms with E-state index in [9.17, 15) is 62.3 Å². The van der Waals surface area contributed by atoms with Gasteiger partial charge in [-0.05, 0) is 151 Å². The molecule has 0 spiro atoms. The molecule has 0 heterocycles. The summed E-state index contributed by atoms with van der Waals surface area (Å²) in [5, 5.41) is 13.9. The zero-order valence-corrected chi connectivity index (χ0v) is 74.2. The molecule has 0 aliphatic heterocycles. The molecule has 0 saturated carbocycles. The van der Waals surface area contributed by atoms with Crippen LogP contribution in [0.1, 0.15) is 117 Å². The number of carbonyl (C=O) groups excluding carboxylic acids is 13. The Hall–Kier alpha value is -10.4. The van der Waals surface area contributed by atoms with Crippen molar-refractivity contribution in [2.45, 2.75) is 122 Å². The summed E-state index contributed by atoms with van der Waals surface area (Å²) in [5.41, 5.74) is -0.177. The highest BCUT2D eigenvalue weighted by molar-refractivity contribution is 5.92. The van der Waals surface area contributed by atoms with Gasteiger partial charge in [-0.3, -0.25) is 52.7 Å². The summed E-state index contributed by atoms with van der Waals surface area (Å²) in [6.45, 7) is 67.0. The Morgan fingerprint density at radius 2 is 0.605 bits per heavy atom. The van der Waals surface area contributed by atoms with E-state index in [-0.39, 0.29) is 135 Å². The minimum atomic E-state index is -0.895. The van der Waals surface area contributed by atoms with E-state index in [0.29, 0.717) is 194 Å². The van der Waals surface area contributed by atoms with Crippen molar-refractivity contribution in [3.8, 4) is 0 Å². The van der Waals surface area contributed by atoms with Crippen LogP contribution < -0.4 is 26.6 Å². The van der Waals surface area contributed by atoms with Gasteiger partial charge in [0.15, 0.2) is 23.1 Å². The first-order valence-corrected chi connectivity index (χ1v) is 40.8. The zero-order valence-electron chi connectivity index (χ0n) is 74.2. The van der Waals surface area contributed by atoms with Crippen LogP contribution in [0.3, 0.4) is 0 Å². The summed E-state index contributed by atoms with van der Waals surface area (Å²) in [5.74, 6) is -2.64. The van der Waals surface area contributed by atoms with Crippen LogP contribution in [-0.2, 0) is 110 Å². The summed E-state index contributed by atoms with van der Waals surface area (Å²) in [4.78, 5) is 152. The average Bonchev–Trinajstić information content (AvgIpc) is 0.857. The number of unbranched alkanes of at least 4 members (excludes halogenated alkanes) is 6. The lowest BCUT2D eigenvalue weighted by Crippen LogP contribution is -2.58. The smallest absolute Gasteiger partial charge is 0.333 e. The van der Waals surface area contributed by atoms with E-state index in [1.54, 1.807) is 24.8 Å². The molecule has 0 saturated heterocycles. The summed E-state index contributed by atoms with van der Waals surface area (Å²) in [6, 6.07) is 0. The largest absolute Gasteiger partial charge is 0.460 e. The predicted molar refractivity (Wildman–Crippen MR) is 484 cm³/mol. The van der Waals surface area contributed by atoms with Crippen LogP contribution in [0.25, 0.3) is 0 Å². The number of rotatable bonds is 78. The molecule has 0 aromatic rings. The van der Waals surface area contributed by atoms with Gasteiger partial charge in [-0.25, -0.2) is 9.59 Å². The van der Waals surface area contributed by atoms with Crippen molar-refractivity contribution in [3.05, 3.63) is 189 Å². The zero-order chi connectivity index (χ0) is 92.5. The minimum absolute atomic E-state index is 0. The highest BCUT2D eigenvalue weighted by Gasteiger charge is 2.33. The first-order chi connectivity index (χ1) is 58.6. The van der Waals surface area contributed by atoms with E-state index in [1.165, 1.54) is 70.6 Å². The molecule has 33 nitrogen and oxygen atoms in total. The number of ether oxygens (including phenoxy) is 10. The third kappa shape index (κ3) is 85.1. The molecule has 7 amide bonds. The molecule has 0 aliphatic carbocycles. The number of carbonyl (C=O) groups is 13. The maximum absolute atomic E-state index is 12.2. The first-order valence-electron chi connectivity index (χ1n) is 40.8. The van der Waals surface area contributed by atoms with Gasteiger partial charge >= 0.3 is 11.9 Å².